The Morgan fingerprint density at radius 1 is 1.42 bits per heavy atom. The Morgan fingerprint density at radius 2 is 2.27 bits per heavy atom. The lowest BCUT2D eigenvalue weighted by Gasteiger charge is -2.23. The van der Waals surface area contributed by atoms with Crippen LogP contribution in [0.5, 0.6) is 17.2 Å². The van der Waals surface area contributed by atoms with Gasteiger partial charge in [0.15, 0.2) is 23.3 Å². The first-order valence-electron chi connectivity index (χ1n) is 8.18. The fourth-order valence-electron chi connectivity index (χ4n) is 2.48. The van der Waals surface area contributed by atoms with Crippen molar-refractivity contribution in [2.75, 3.05) is 25.0 Å². The zero-order chi connectivity index (χ0) is 18.5. The Balaban J connectivity index is 1.78. The smallest absolute Gasteiger partial charge is 0.349 e. The van der Waals surface area contributed by atoms with E-state index in [0.717, 1.165) is 0 Å². The summed E-state index contributed by atoms with van der Waals surface area (Å²) in [6, 6.07) is 5.37. The summed E-state index contributed by atoms with van der Waals surface area (Å²) in [4.78, 5) is 16.2. The second-order valence-electron chi connectivity index (χ2n) is 5.62. The van der Waals surface area contributed by atoms with Gasteiger partial charge in [0.05, 0.1) is 12.7 Å². The van der Waals surface area contributed by atoms with Crippen molar-refractivity contribution in [2.24, 2.45) is 11.5 Å². The van der Waals surface area contributed by atoms with Crippen LogP contribution < -0.4 is 37.3 Å². The number of guanidine groups is 1. The van der Waals surface area contributed by atoms with Crippen molar-refractivity contribution in [3.63, 3.8) is 0 Å². The zero-order valence-corrected chi connectivity index (χ0v) is 14.1. The molecule has 138 valence electrons. The zero-order valence-electron chi connectivity index (χ0n) is 14.1. The van der Waals surface area contributed by atoms with Gasteiger partial charge < -0.3 is 31.6 Å². The van der Waals surface area contributed by atoms with Crippen molar-refractivity contribution in [1.82, 2.24) is 14.9 Å². The minimum atomic E-state index is -0.374. The van der Waals surface area contributed by atoms with Gasteiger partial charge in [-0.05, 0) is 25.1 Å². The molecule has 0 saturated heterocycles. The summed E-state index contributed by atoms with van der Waals surface area (Å²) in [6.07, 6.45) is 2.30. The molecule has 2 heterocycles. The predicted octanol–water partition coefficient (Wildman–Crippen LogP) is 0.303. The van der Waals surface area contributed by atoms with Gasteiger partial charge >= 0.3 is 5.69 Å². The summed E-state index contributed by atoms with van der Waals surface area (Å²) >= 11 is 0. The lowest BCUT2D eigenvalue weighted by Crippen LogP contribution is -2.33. The molecule has 0 amide bonds. The van der Waals surface area contributed by atoms with Gasteiger partial charge in [-0.1, -0.05) is 6.07 Å². The Kier molecular flexibility index (Phi) is 5.23. The summed E-state index contributed by atoms with van der Waals surface area (Å²) in [5.74, 6) is 1.80. The molecule has 0 radical (unpaired) electrons. The number of benzene rings is 1. The van der Waals surface area contributed by atoms with Crippen molar-refractivity contribution < 1.29 is 9.47 Å². The van der Waals surface area contributed by atoms with Crippen LogP contribution in [0.1, 0.15) is 6.42 Å². The number of nitrogens with one attached hydrogen (secondary N) is 3. The van der Waals surface area contributed by atoms with Crippen molar-refractivity contribution in [2.45, 2.75) is 13.0 Å². The van der Waals surface area contributed by atoms with Crippen LogP contribution in [0.25, 0.3) is 0 Å². The van der Waals surface area contributed by atoms with Crippen LogP contribution in [0.2, 0.25) is 0 Å². The molecule has 0 atom stereocenters. The van der Waals surface area contributed by atoms with Gasteiger partial charge in [-0.2, -0.15) is 4.98 Å². The van der Waals surface area contributed by atoms with Gasteiger partial charge in [0, 0.05) is 6.54 Å². The minimum Gasteiger partial charge on any atom is -0.489 e. The van der Waals surface area contributed by atoms with E-state index in [-0.39, 0.29) is 11.6 Å². The van der Waals surface area contributed by atoms with Crippen molar-refractivity contribution >= 4 is 17.5 Å². The van der Waals surface area contributed by atoms with Crippen LogP contribution in [0.3, 0.4) is 0 Å². The number of nitrogens with zero attached hydrogens (tertiary/aromatic N) is 2. The maximum atomic E-state index is 12.1. The number of anilines is 2. The van der Waals surface area contributed by atoms with Crippen LogP contribution in [0.15, 0.2) is 29.2 Å². The van der Waals surface area contributed by atoms with Gasteiger partial charge in [0.2, 0.25) is 0 Å². The standard InChI is InChI=1S/C16H21N7O3/c17-5-2-7-23-9-12-14(22-16(23)24)21-13-10(3-1-4-11(13)26-12)25-8-6-20-15(18)19/h1,3-4,9H,2,5-8,17H2,(H4,18,19,20)(H,21,22,24). The van der Waals surface area contributed by atoms with Crippen molar-refractivity contribution in [3.05, 3.63) is 34.9 Å². The second kappa shape index (κ2) is 7.74. The highest BCUT2D eigenvalue weighted by molar-refractivity contribution is 5.77. The lowest BCUT2D eigenvalue weighted by molar-refractivity contribution is 0.322. The number of aryl methyl sites for hydroxylation is 1. The monoisotopic (exact) mass is 359 g/mol. The molecule has 0 fully saturated rings. The van der Waals surface area contributed by atoms with Crippen molar-refractivity contribution in [1.29, 1.82) is 5.41 Å². The van der Waals surface area contributed by atoms with E-state index < -0.39 is 0 Å². The van der Waals surface area contributed by atoms with Gasteiger partial charge in [0.25, 0.3) is 0 Å². The van der Waals surface area contributed by atoms with Gasteiger partial charge in [-0.25, -0.2) is 4.79 Å². The fraction of sp³-hybridized carbons (Fsp3) is 0.312. The third kappa shape index (κ3) is 3.86. The molecule has 1 aliphatic rings. The molecule has 1 aliphatic heterocycles. The Hall–Kier alpha value is -3.27. The molecule has 1 aromatic carbocycles. The van der Waals surface area contributed by atoms with Gasteiger partial charge in [0.1, 0.15) is 18.0 Å². The summed E-state index contributed by atoms with van der Waals surface area (Å²) in [5, 5.41) is 12.9. The SMILES string of the molecule is N=C(N)NCCOc1cccc2c1Nc1nc(=O)n(CCCN)cc1O2. The van der Waals surface area contributed by atoms with Gasteiger partial charge in [-0.15, -0.1) is 0 Å². The number of fused-ring (bicyclic) bond motifs is 2. The van der Waals surface area contributed by atoms with E-state index in [9.17, 15) is 4.79 Å². The van der Waals surface area contributed by atoms with Crippen molar-refractivity contribution in [3.8, 4) is 17.2 Å². The van der Waals surface area contributed by atoms with E-state index in [1.54, 1.807) is 24.4 Å². The van der Waals surface area contributed by atoms with E-state index in [4.69, 9.17) is 26.4 Å². The van der Waals surface area contributed by atoms with E-state index in [0.29, 0.717) is 61.4 Å². The van der Waals surface area contributed by atoms with E-state index >= 15 is 0 Å². The van der Waals surface area contributed by atoms with E-state index in [1.165, 1.54) is 4.57 Å². The highest BCUT2D eigenvalue weighted by atomic mass is 16.5. The van der Waals surface area contributed by atoms with Crippen LogP contribution in [0.4, 0.5) is 11.5 Å². The topological polar surface area (TPSA) is 153 Å². The number of ether oxygens (including phenoxy) is 2. The first kappa shape index (κ1) is 17.5. The van der Waals surface area contributed by atoms with Gasteiger partial charge in [-0.3, -0.25) is 9.98 Å². The molecule has 2 aromatic rings. The molecule has 10 nitrogen and oxygen atoms in total. The highest BCUT2D eigenvalue weighted by Gasteiger charge is 2.22. The minimum absolute atomic E-state index is 0.116. The maximum Gasteiger partial charge on any atom is 0.349 e. The van der Waals surface area contributed by atoms with E-state index in [2.05, 4.69) is 15.6 Å². The first-order valence-corrected chi connectivity index (χ1v) is 8.18. The summed E-state index contributed by atoms with van der Waals surface area (Å²) in [6.45, 7) is 1.67. The molecular weight excluding hydrogens is 338 g/mol. The summed E-state index contributed by atoms with van der Waals surface area (Å²) in [5.41, 5.74) is 10.9. The number of hydrogen-bond acceptors (Lipinski definition) is 7. The average Bonchev–Trinajstić information content (AvgIpc) is 2.62. The molecular formula is C16H21N7O3. The van der Waals surface area contributed by atoms with E-state index in [1.807, 2.05) is 0 Å². The second-order valence-corrected chi connectivity index (χ2v) is 5.62. The number of para-hydroxylation sites is 1. The molecule has 1 aromatic heterocycles. The quantitative estimate of drug-likeness (QED) is 0.229. The maximum absolute atomic E-state index is 12.1. The molecule has 0 saturated carbocycles. The first-order chi connectivity index (χ1) is 12.6. The normalized spacial score (nSPS) is 11.6. The highest BCUT2D eigenvalue weighted by Crippen LogP contribution is 2.44. The lowest BCUT2D eigenvalue weighted by atomic mass is 10.2. The third-order valence-electron chi connectivity index (χ3n) is 3.69. The Morgan fingerprint density at radius 3 is 3.04 bits per heavy atom. The molecule has 26 heavy (non-hydrogen) atoms. The molecule has 10 heteroatoms. The van der Waals surface area contributed by atoms with Crippen LogP contribution in [-0.2, 0) is 6.54 Å². The Labute approximate surface area is 149 Å². The molecule has 0 bridgehead atoms. The summed E-state index contributed by atoms with van der Waals surface area (Å²) in [7, 11) is 0. The number of aromatic nitrogens is 2. The average molecular weight is 359 g/mol. The molecule has 7 N–H and O–H groups in total. The number of rotatable bonds is 7. The number of nitrogens with two attached hydrogens (primary N) is 2. The van der Waals surface area contributed by atoms with Crippen LogP contribution in [-0.4, -0.2) is 35.2 Å². The Bertz CT molecular complexity index is 865. The third-order valence-corrected chi connectivity index (χ3v) is 3.69. The predicted molar refractivity (Wildman–Crippen MR) is 97.4 cm³/mol. The largest absolute Gasteiger partial charge is 0.489 e. The number of hydrogen-bond donors (Lipinski definition) is 5. The molecule has 3 rings (SSSR count). The molecule has 0 aliphatic carbocycles. The summed E-state index contributed by atoms with van der Waals surface area (Å²) < 4.78 is 13.0. The van der Waals surface area contributed by atoms with Crippen LogP contribution >= 0.6 is 0 Å². The van der Waals surface area contributed by atoms with Crippen LogP contribution in [0, 0.1) is 5.41 Å². The molecule has 0 unspecified atom stereocenters. The fourth-order valence-corrected chi connectivity index (χ4v) is 2.48. The molecule has 0 spiro atoms.